The first-order chi connectivity index (χ1) is 7.34. The summed E-state index contributed by atoms with van der Waals surface area (Å²) >= 11 is 0. The standard InChI is InChI=1S/C12H17NO2/c1-2-3-7-10-13-15-12(14)11-8-5-4-6-9-11/h4-6,8-9,13H,2-3,7,10H2,1H3. The monoisotopic (exact) mass is 207 g/mol. The maximum Gasteiger partial charge on any atom is 0.356 e. The minimum Gasteiger partial charge on any atom is -0.367 e. The summed E-state index contributed by atoms with van der Waals surface area (Å²) in [6.45, 7) is 2.85. The van der Waals surface area contributed by atoms with Crippen molar-refractivity contribution in [3.8, 4) is 0 Å². The van der Waals surface area contributed by atoms with Gasteiger partial charge in [0.1, 0.15) is 0 Å². The summed E-state index contributed by atoms with van der Waals surface area (Å²) < 4.78 is 0. The summed E-state index contributed by atoms with van der Waals surface area (Å²) in [6, 6.07) is 8.96. The van der Waals surface area contributed by atoms with Gasteiger partial charge >= 0.3 is 5.97 Å². The fourth-order valence-corrected chi connectivity index (χ4v) is 1.20. The van der Waals surface area contributed by atoms with Crippen LogP contribution in [0.4, 0.5) is 0 Å². The smallest absolute Gasteiger partial charge is 0.356 e. The van der Waals surface area contributed by atoms with Crippen molar-refractivity contribution >= 4 is 5.97 Å². The number of carbonyl (C=O) groups is 1. The van der Waals surface area contributed by atoms with Crippen LogP contribution in [0, 0.1) is 0 Å². The van der Waals surface area contributed by atoms with Crippen molar-refractivity contribution in [3.63, 3.8) is 0 Å². The van der Waals surface area contributed by atoms with Crippen molar-refractivity contribution in [2.24, 2.45) is 0 Å². The van der Waals surface area contributed by atoms with Crippen LogP contribution in [0.5, 0.6) is 0 Å². The van der Waals surface area contributed by atoms with E-state index >= 15 is 0 Å². The van der Waals surface area contributed by atoms with E-state index in [1.54, 1.807) is 12.1 Å². The Labute approximate surface area is 90.4 Å². The highest BCUT2D eigenvalue weighted by molar-refractivity contribution is 5.89. The minimum atomic E-state index is -0.327. The van der Waals surface area contributed by atoms with Crippen LogP contribution in [0.3, 0.4) is 0 Å². The number of nitrogens with one attached hydrogen (secondary N) is 1. The van der Waals surface area contributed by atoms with Crippen molar-refractivity contribution < 1.29 is 9.63 Å². The highest BCUT2D eigenvalue weighted by Gasteiger charge is 2.04. The largest absolute Gasteiger partial charge is 0.367 e. The molecule has 0 heterocycles. The summed E-state index contributed by atoms with van der Waals surface area (Å²) in [5.41, 5.74) is 3.24. The Hall–Kier alpha value is -1.35. The van der Waals surface area contributed by atoms with E-state index in [0.717, 1.165) is 19.3 Å². The molecule has 1 aromatic carbocycles. The van der Waals surface area contributed by atoms with E-state index in [4.69, 9.17) is 4.84 Å². The van der Waals surface area contributed by atoms with Crippen LogP contribution in [-0.4, -0.2) is 12.5 Å². The second kappa shape index (κ2) is 7.01. The Kier molecular flexibility index (Phi) is 5.48. The van der Waals surface area contributed by atoms with Gasteiger partial charge in [-0.15, -0.1) is 0 Å². The number of carbonyl (C=O) groups excluding carboxylic acids is 1. The molecule has 3 heteroatoms. The Balaban J connectivity index is 2.20. The molecule has 0 saturated carbocycles. The lowest BCUT2D eigenvalue weighted by molar-refractivity contribution is 0.0251. The van der Waals surface area contributed by atoms with Gasteiger partial charge in [-0.2, -0.15) is 5.48 Å². The van der Waals surface area contributed by atoms with Gasteiger partial charge in [0.25, 0.3) is 0 Å². The van der Waals surface area contributed by atoms with Crippen LogP contribution in [0.2, 0.25) is 0 Å². The molecule has 1 N–H and O–H groups in total. The van der Waals surface area contributed by atoms with Crippen LogP contribution >= 0.6 is 0 Å². The summed E-state index contributed by atoms with van der Waals surface area (Å²) in [7, 11) is 0. The molecular weight excluding hydrogens is 190 g/mol. The average molecular weight is 207 g/mol. The van der Waals surface area contributed by atoms with E-state index in [0.29, 0.717) is 12.1 Å². The first-order valence-electron chi connectivity index (χ1n) is 5.33. The molecule has 0 amide bonds. The van der Waals surface area contributed by atoms with Gasteiger partial charge in [-0.1, -0.05) is 38.0 Å². The van der Waals surface area contributed by atoms with Crippen LogP contribution in [-0.2, 0) is 4.84 Å². The molecule has 0 atom stereocenters. The van der Waals surface area contributed by atoms with Crippen LogP contribution < -0.4 is 5.48 Å². The van der Waals surface area contributed by atoms with Crippen molar-refractivity contribution in [2.45, 2.75) is 26.2 Å². The lowest BCUT2D eigenvalue weighted by atomic mass is 10.2. The molecule has 0 bridgehead atoms. The fourth-order valence-electron chi connectivity index (χ4n) is 1.20. The van der Waals surface area contributed by atoms with Crippen molar-refractivity contribution in [1.82, 2.24) is 5.48 Å². The van der Waals surface area contributed by atoms with Gasteiger partial charge in [0.05, 0.1) is 5.56 Å². The summed E-state index contributed by atoms with van der Waals surface area (Å²) in [5.74, 6) is -0.327. The van der Waals surface area contributed by atoms with E-state index in [1.165, 1.54) is 0 Å². The molecule has 0 aromatic heterocycles. The average Bonchev–Trinajstić information content (AvgIpc) is 2.30. The zero-order chi connectivity index (χ0) is 10.9. The van der Waals surface area contributed by atoms with E-state index in [9.17, 15) is 4.79 Å². The molecule has 0 radical (unpaired) electrons. The third kappa shape index (κ3) is 4.61. The zero-order valence-electron chi connectivity index (χ0n) is 9.03. The summed E-state index contributed by atoms with van der Waals surface area (Å²) in [6.07, 6.45) is 3.34. The normalized spacial score (nSPS) is 9.93. The molecule has 0 spiro atoms. The number of benzene rings is 1. The lowest BCUT2D eigenvalue weighted by Gasteiger charge is -2.04. The molecule has 3 nitrogen and oxygen atoms in total. The third-order valence-electron chi connectivity index (χ3n) is 2.06. The molecular formula is C12H17NO2. The van der Waals surface area contributed by atoms with Crippen LogP contribution in [0.25, 0.3) is 0 Å². The summed E-state index contributed by atoms with van der Waals surface area (Å²) in [5, 5.41) is 0. The molecule has 0 aliphatic carbocycles. The molecule has 1 aromatic rings. The van der Waals surface area contributed by atoms with Crippen molar-refractivity contribution in [3.05, 3.63) is 35.9 Å². The van der Waals surface area contributed by atoms with Crippen LogP contribution in [0.1, 0.15) is 36.5 Å². The maximum atomic E-state index is 11.4. The van der Waals surface area contributed by atoms with Gasteiger partial charge in [-0.05, 0) is 18.6 Å². The van der Waals surface area contributed by atoms with E-state index < -0.39 is 0 Å². The summed E-state index contributed by atoms with van der Waals surface area (Å²) in [4.78, 5) is 16.3. The SMILES string of the molecule is CCCCCNOC(=O)c1ccccc1. The van der Waals surface area contributed by atoms with E-state index in [-0.39, 0.29) is 5.97 Å². The zero-order valence-corrected chi connectivity index (χ0v) is 9.03. The second-order valence-corrected chi connectivity index (χ2v) is 3.36. The number of hydrogen-bond acceptors (Lipinski definition) is 3. The molecule has 0 unspecified atom stereocenters. The molecule has 0 aliphatic heterocycles. The third-order valence-corrected chi connectivity index (χ3v) is 2.06. The van der Waals surface area contributed by atoms with Gasteiger partial charge in [-0.3, -0.25) is 0 Å². The number of hydrogen-bond donors (Lipinski definition) is 1. The fraction of sp³-hybridized carbons (Fsp3) is 0.417. The van der Waals surface area contributed by atoms with E-state index in [2.05, 4.69) is 12.4 Å². The Morgan fingerprint density at radius 2 is 2.00 bits per heavy atom. The minimum absolute atomic E-state index is 0.327. The number of unbranched alkanes of at least 4 members (excludes halogenated alkanes) is 2. The van der Waals surface area contributed by atoms with Crippen LogP contribution in [0.15, 0.2) is 30.3 Å². The van der Waals surface area contributed by atoms with Crippen molar-refractivity contribution in [2.75, 3.05) is 6.54 Å². The van der Waals surface area contributed by atoms with Gasteiger partial charge in [0.15, 0.2) is 0 Å². The van der Waals surface area contributed by atoms with Gasteiger partial charge in [-0.25, -0.2) is 4.79 Å². The Morgan fingerprint density at radius 1 is 1.27 bits per heavy atom. The Bertz CT molecular complexity index is 285. The topological polar surface area (TPSA) is 38.3 Å². The molecule has 1 rings (SSSR count). The van der Waals surface area contributed by atoms with Crippen molar-refractivity contribution in [1.29, 1.82) is 0 Å². The quantitative estimate of drug-likeness (QED) is 0.575. The highest BCUT2D eigenvalue weighted by atomic mass is 16.7. The first-order valence-corrected chi connectivity index (χ1v) is 5.33. The number of rotatable bonds is 6. The van der Waals surface area contributed by atoms with Gasteiger partial charge < -0.3 is 4.84 Å². The first kappa shape index (κ1) is 11.7. The molecule has 0 saturated heterocycles. The van der Waals surface area contributed by atoms with Gasteiger partial charge in [0.2, 0.25) is 0 Å². The highest BCUT2D eigenvalue weighted by Crippen LogP contribution is 1.99. The maximum absolute atomic E-state index is 11.4. The van der Waals surface area contributed by atoms with E-state index in [1.807, 2.05) is 18.2 Å². The lowest BCUT2D eigenvalue weighted by Crippen LogP contribution is -2.21. The number of hydroxylamine groups is 1. The molecule has 0 fully saturated rings. The Morgan fingerprint density at radius 3 is 2.67 bits per heavy atom. The predicted octanol–water partition coefficient (Wildman–Crippen LogP) is 2.54. The van der Waals surface area contributed by atoms with Gasteiger partial charge in [0, 0.05) is 6.54 Å². The predicted molar refractivity (Wildman–Crippen MR) is 59.4 cm³/mol. The second-order valence-electron chi connectivity index (χ2n) is 3.36. The molecule has 0 aliphatic rings. The molecule has 15 heavy (non-hydrogen) atoms. The molecule has 82 valence electrons.